The Hall–Kier alpha value is -1.00. The molecule has 1 saturated heterocycles. The van der Waals surface area contributed by atoms with Gasteiger partial charge in [0, 0.05) is 32.3 Å². The molecule has 1 unspecified atom stereocenters. The van der Waals surface area contributed by atoms with Crippen LogP contribution in [0, 0.1) is 0 Å². The Kier molecular flexibility index (Phi) is 6.95. The third-order valence-corrected chi connectivity index (χ3v) is 3.46. The molecule has 0 aromatic heterocycles. The van der Waals surface area contributed by atoms with E-state index in [9.17, 15) is 0 Å². The minimum atomic E-state index is 0.368. The van der Waals surface area contributed by atoms with Gasteiger partial charge in [-0.1, -0.05) is 19.1 Å². The number of methoxy groups -OCH3 is 1. The molecule has 1 aliphatic heterocycles. The molecule has 110 valence electrons. The summed E-state index contributed by atoms with van der Waals surface area (Å²) in [6, 6.07) is 0.843. The van der Waals surface area contributed by atoms with E-state index in [1.54, 1.807) is 7.11 Å². The molecule has 3 N–H and O–H groups in total. The van der Waals surface area contributed by atoms with Crippen LogP contribution in [-0.2, 0) is 4.74 Å². The van der Waals surface area contributed by atoms with E-state index < -0.39 is 0 Å². The Morgan fingerprint density at radius 3 is 2.79 bits per heavy atom. The highest BCUT2D eigenvalue weighted by molar-refractivity contribution is 5.11. The van der Waals surface area contributed by atoms with Crippen LogP contribution in [0.15, 0.2) is 24.0 Å². The molecule has 0 spiro atoms. The summed E-state index contributed by atoms with van der Waals surface area (Å²) in [6.45, 7) is 8.52. The summed E-state index contributed by atoms with van der Waals surface area (Å²) in [7, 11) is 1.80. The Balaban J connectivity index is 2.48. The lowest BCUT2D eigenvalue weighted by molar-refractivity contribution is 0.104. The van der Waals surface area contributed by atoms with Crippen molar-refractivity contribution in [1.82, 2.24) is 10.2 Å². The summed E-state index contributed by atoms with van der Waals surface area (Å²) in [6.07, 6.45) is 8.86. The second-order valence-corrected chi connectivity index (χ2v) is 5.42. The number of hydrogen-bond acceptors (Lipinski definition) is 4. The van der Waals surface area contributed by atoms with E-state index >= 15 is 0 Å². The van der Waals surface area contributed by atoms with Gasteiger partial charge in [0.25, 0.3) is 0 Å². The average Bonchev–Trinajstić information content (AvgIpc) is 2.82. The summed E-state index contributed by atoms with van der Waals surface area (Å²) < 4.78 is 5.41. The number of likely N-dealkylation sites (tertiary alicyclic amines) is 1. The minimum absolute atomic E-state index is 0.368. The predicted molar refractivity (Wildman–Crippen MR) is 80.7 cm³/mol. The number of rotatable bonds is 7. The van der Waals surface area contributed by atoms with Crippen molar-refractivity contribution < 1.29 is 4.74 Å². The molecule has 1 rings (SSSR count). The maximum Gasteiger partial charge on any atom is 0.0961 e. The maximum absolute atomic E-state index is 5.86. The molecular weight excluding hydrogens is 238 g/mol. The van der Waals surface area contributed by atoms with Gasteiger partial charge in [0.1, 0.15) is 0 Å². The van der Waals surface area contributed by atoms with Gasteiger partial charge in [-0.25, -0.2) is 0 Å². The Labute approximate surface area is 117 Å². The van der Waals surface area contributed by atoms with Gasteiger partial charge in [-0.05, 0) is 32.8 Å². The fourth-order valence-corrected chi connectivity index (χ4v) is 2.43. The Morgan fingerprint density at radius 2 is 2.26 bits per heavy atom. The Bertz CT molecular complexity index is 313. The van der Waals surface area contributed by atoms with E-state index in [0.717, 1.165) is 31.8 Å². The van der Waals surface area contributed by atoms with Crippen molar-refractivity contribution in [2.45, 2.75) is 51.8 Å². The van der Waals surface area contributed by atoms with Crippen molar-refractivity contribution in [3.05, 3.63) is 24.0 Å². The molecule has 1 fully saturated rings. The molecule has 1 aliphatic rings. The highest BCUT2D eigenvalue weighted by Gasteiger charge is 2.25. The highest BCUT2D eigenvalue weighted by atomic mass is 16.5. The number of nitrogens with two attached hydrogens (primary N) is 1. The number of nitrogens with zero attached hydrogens (tertiary/aromatic N) is 1. The van der Waals surface area contributed by atoms with Gasteiger partial charge in [0.2, 0.25) is 0 Å². The topological polar surface area (TPSA) is 50.5 Å². The van der Waals surface area contributed by atoms with Crippen LogP contribution < -0.4 is 11.1 Å². The third-order valence-electron chi connectivity index (χ3n) is 3.46. The zero-order chi connectivity index (χ0) is 14.3. The van der Waals surface area contributed by atoms with Crippen LogP contribution in [-0.4, -0.2) is 43.3 Å². The smallest absolute Gasteiger partial charge is 0.0961 e. The molecule has 0 saturated carbocycles. The standard InChI is InChI=1S/C15H29N3O/c1-5-13(18-10-9-14(11-18)19-4)7-6-8-15(16)17-12(2)3/h6-8,12-14,17H,5,9-11,16H2,1-4H3/b7-6-,15-8+/t13?,14-/m1/s1. The monoisotopic (exact) mass is 267 g/mol. The highest BCUT2D eigenvalue weighted by Crippen LogP contribution is 2.17. The van der Waals surface area contributed by atoms with Crippen molar-refractivity contribution in [2.75, 3.05) is 20.2 Å². The van der Waals surface area contributed by atoms with Crippen molar-refractivity contribution in [3.8, 4) is 0 Å². The van der Waals surface area contributed by atoms with Crippen LogP contribution in [0.2, 0.25) is 0 Å². The van der Waals surface area contributed by atoms with E-state index in [1.807, 2.05) is 6.08 Å². The summed E-state index contributed by atoms with van der Waals surface area (Å²) in [5.74, 6) is 0.720. The fourth-order valence-electron chi connectivity index (χ4n) is 2.43. The molecule has 19 heavy (non-hydrogen) atoms. The van der Waals surface area contributed by atoms with E-state index in [4.69, 9.17) is 10.5 Å². The second-order valence-electron chi connectivity index (χ2n) is 5.42. The van der Waals surface area contributed by atoms with E-state index in [-0.39, 0.29) is 0 Å². The molecule has 0 amide bonds. The molecule has 4 nitrogen and oxygen atoms in total. The quantitative estimate of drug-likeness (QED) is 0.691. The van der Waals surface area contributed by atoms with Crippen LogP contribution >= 0.6 is 0 Å². The van der Waals surface area contributed by atoms with Gasteiger partial charge in [-0.3, -0.25) is 4.90 Å². The molecule has 0 aromatic rings. The molecule has 0 bridgehead atoms. The van der Waals surface area contributed by atoms with E-state index in [1.165, 1.54) is 0 Å². The zero-order valence-corrected chi connectivity index (χ0v) is 12.7. The number of ether oxygens (including phenoxy) is 1. The minimum Gasteiger partial charge on any atom is -0.386 e. The summed E-state index contributed by atoms with van der Waals surface area (Å²) in [4.78, 5) is 2.48. The SMILES string of the molecule is CCC(/C=C\C=C(/N)NC(C)C)N1CC[C@@H](OC)C1. The normalized spacial score (nSPS) is 23.4. The summed E-state index contributed by atoms with van der Waals surface area (Å²) in [5, 5.41) is 3.17. The molecule has 0 radical (unpaired) electrons. The van der Waals surface area contributed by atoms with Gasteiger partial charge < -0.3 is 15.8 Å². The molecule has 4 heteroatoms. The number of hydrogen-bond donors (Lipinski definition) is 2. The van der Waals surface area contributed by atoms with Gasteiger partial charge in [0.05, 0.1) is 11.9 Å². The van der Waals surface area contributed by atoms with Crippen LogP contribution in [0.3, 0.4) is 0 Å². The first-order chi connectivity index (χ1) is 9.06. The molecule has 0 aromatic carbocycles. The first-order valence-corrected chi connectivity index (χ1v) is 7.24. The van der Waals surface area contributed by atoms with Crippen molar-refractivity contribution in [2.24, 2.45) is 5.73 Å². The fraction of sp³-hybridized carbons (Fsp3) is 0.733. The first-order valence-electron chi connectivity index (χ1n) is 7.24. The largest absolute Gasteiger partial charge is 0.386 e. The number of allylic oxidation sites excluding steroid dienone is 2. The second kappa shape index (κ2) is 8.23. The zero-order valence-electron chi connectivity index (χ0n) is 12.7. The van der Waals surface area contributed by atoms with Crippen molar-refractivity contribution in [3.63, 3.8) is 0 Å². The first kappa shape index (κ1) is 16.1. The van der Waals surface area contributed by atoms with Gasteiger partial charge >= 0.3 is 0 Å². The van der Waals surface area contributed by atoms with Gasteiger partial charge in [0.15, 0.2) is 0 Å². The van der Waals surface area contributed by atoms with Crippen molar-refractivity contribution >= 4 is 0 Å². The van der Waals surface area contributed by atoms with Crippen LogP contribution in [0.1, 0.15) is 33.6 Å². The third kappa shape index (κ3) is 5.66. The lowest BCUT2D eigenvalue weighted by Gasteiger charge is -2.23. The number of nitrogens with one attached hydrogen (secondary N) is 1. The maximum atomic E-state index is 5.86. The average molecular weight is 267 g/mol. The van der Waals surface area contributed by atoms with E-state index in [2.05, 4.69) is 43.1 Å². The molecular formula is C15H29N3O. The molecule has 2 atom stereocenters. The van der Waals surface area contributed by atoms with Crippen LogP contribution in [0.4, 0.5) is 0 Å². The lowest BCUT2D eigenvalue weighted by atomic mass is 10.2. The molecule has 0 aliphatic carbocycles. The van der Waals surface area contributed by atoms with Gasteiger partial charge in [-0.2, -0.15) is 0 Å². The van der Waals surface area contributed by atoms with Gasteiger partial charge in [-0.15, -0.1) is 0 Å². The lowest BCUT2D eigenvalue weighted by Crippen LogP contribution is -2.32. The van der Waals surface area contributed by atoms with Crippen LogP contribution in [0.25, 0.3) is 0 Å². The summed E-state index contributed by atoms with van der Waals surface area (Å²) in [5.41, 5.74) is 5.86. The van der Waals surface area contributed by atoms with Crippen LogP contribution in [0.5, 0.6) is 0 Å². The van der Waals surface area contributed by atoms with E-state index in [0.29, 0.717) is 18.2 Å². The predicted octanol–water partition coefficient (Wildman–Crippen LogP) is 1.84. The Morgan fingerprint density at radius 1 is 1.53 bits per heavy atom. The van der Waals surface area contributed by atoms with Crippen molar-refractivity contribution in [1.29, 1.82) is 0 Å². The molecule has 1 heterocycles. The summed E-state index contributed by atoms with van der Waals surface area (Å²) >= 11 is 0.